The zero-order chi connectivity index (χ0) is 18.2. The van der Waals surface area contributed by atoms with Gasteiger partial charge in [-0.3, -0.25) is 9.59 Å². The molecule has 25 heavy (non-hydrogen) atoms. The van der Waals surface area contributed by atoms with E-state index in [9.17, 15) is 14.7 Å². The van der Waals surface area contributed by atoms with Crippen LogP contribution in [0.1, 0.15) is 18.2 Å². The Hall–Kier alpha value is -3.00. The number of aromatic hydroxyl groups is 1. The van der Waals surface area contributed by atoms with Gasteiger partial charge in [0.15, 0.2) is 11.5 Å². The average Bonchev–Trinajstić information content (AvgIpc) is 3.10. The van der Waals surface area contributed by atoms with E-state index >= 15 is 0 Å². The molecule has 9 heteroatoms. The molecule has 3 N–H and O–H groups in total. The number of phenols is 1. The molecular formula is C16H16ClN3O5. The van der Waals surface area contributed by atoms with Crippen LogP contribution in [0.3, 0.4) is 0 Å². The highest BCUT2D eigenvalue weighted by molar-refractivity contribution is 6.35. The fraction of sp³-hybridized carbons (Fsp3) is 0.188. The second-order valence-corrected chi connectivity index (χ2v) is 5.15. The van der Waals surface area contributed by atoms with Gasteiger partial charge in [-0.1, -0.05) is 11.6 Å². The maximum atomic E-state index is 11.6. The third-order valence-electron chi connectivity index (χ3n) is 2.94. The van der Waals surface area contributed by atoms with Crippen molar-refractivity contribution in [2.45, 2.75) is 13.5 Å². The number of halogens is 1. The molecule has 2 aromatic rings. The van der Waals surface area contributed by atoms with Gasteiger partial charge in [-0.15, -0.1) is 0 Å². The van der Waals surface area contributed by atoms with Gasteiger partial charge in [0.05, 0.1) is 30.7 Å². The highest BCUT2D eigenvalue weighted by Crippen LogP contribution is 2.34. The molecule has 0 aliphatic rings. The molecule has 132 valence electrons. The second-order valence-electron chi connectivity index (χ2n) is 4.74. The van der Waals surface area contributed by atoms with Crippen LogP contribution in [0.4, 0.5) is 0 Å². The topological polar surface area (TPSA) is 113 Å². The number of nitrogens with one attached hydrogen (secondary N) is 2. The summed E-state index contributed by atoms with van der Waals surface area (Å²) in [5, 5.41) is 15.9. The van der Waals surface area contributed by atoms with E-state index in [0.29, 0.717) is 17.9 Å². The van der Waals surface area contributed by atoms with E-state index in [1.165, 1.54) is 24.6 Å². The molecule has 0 saturated carbocycles. The minimum absolute atomic E-state index is 0.0786. The van der Waals surface area contributed by atoms with E-state index in [2.05, 4.69) is 15.8 Å². The maximum absolute atomic E-state index is 11.6. The van der Waals surface area contributed by atoms with Gasteiger partial charge in [0, 0.05) is 0 Å². The zero-order valence-electron chi connectivity index (χ0n) is 13.3. The van der Waals surface area contributed by atoms with Crippen molar-refractivity contribution in [2.24, 2.45) is 5.10 Å². The molecule has 2 rings (SSSR count). The van der Waals surface area contributed by atoms with Crippen LogP contribution in [0.15, 0.2) is 40.0 Å². The lowest BCUT2D eigenvalue weighted by atomic mass is 10.2. The molecular weight excluding hydrogens is 350 g/mol. The lowest BCUT2D eigenvalue weighted by molar-refractivity contribution is -0.139. The van der Waals surface area contributed by atoms with Crippen LogP contribution in [-0.2, 0) is 16.1 Å². The Morgan fingerprint density at radius 2 is 2.20 bits per heavy atom. The van der Waals surface area contributed by atoms with Crippen LogP contribution >= 0.6 is 11.6 Å². The average molecular weight is 366 g/mol. The number of carbonyl (C=O) groups is 2. The summed E-state index contributed by atoms with van der Waals surface area (Å²) in [5.41, 5.74) is 2.56. The lowest BCUT2D eigenvalue weighted by Gasteiger charge is -2.08. The van der Waals surface area contributed by atoms with Crippen LogP contribution in [0.2, 0.25) is 5.02 Å². The monoisotopic (exact) mass is 365 g/mol. The number of hydrogen-bond donors (Lipinski definition) is 3. The number of nitrogens with zero attached hydrogens (tertiary/aromatic N) is 1. The van der Waals surface area contributed by atoms with Crippen molar-refractivity contribution in [2.75, 3.05) is 6.61 Å². The maximum Gasteiger partial charge on any atom is 0.329 e. The second kappa shape index (κ2) is 8.74. The van der Waals surface area contributed by atoms with Crippen LogP contribution in [0.25, 0.3) is 0 Å². The SMILES string of the molecule is CCOc1cc(/C=N\NC(=O)C(=O)NCc2ccco2)cc(Cl)c1O. The Labute approximate surface area is 148 Å². The van der Waals surface area contributed by atoms with Crippen LogP contribution in [-0.4, -0.2) is 29.7 Å². The molecule has 0 saturated heterocycles. The van der Waals surface area contributed by atoms with Gasteiger partial charge in [-0.2, -0.15) is 5.10 Å². The van der Waals surface area contributed by atoms with E-state index in [-0.39, 0.29) is 23.1 Å². The fourth-order valence-electron chi connectivity index (χ4n) is 1.81. The Morgan fingerprint density at radius 3 is 2.88 bits per heavy atom. The molecule has 0 unspecified atom stereocenters. The third-order valence-corrected chi connectivity index (χ3v) is 3.23. The summed E-state index contributed by atoms with van der Waals surface area (Å²) in [6.07, 6.45) is 2.73. The van der Waals surface area contributed by atoms with Crippen molar-refractivity contribution in [1.82, 2.24) is 10.7 Å². The van der Waals surface area contributed by atoms with E-state index in [4.69, 9.17) is 20.8 Å². The number of hydrogen-bond acceptors (Lipinski definition) is 6. The van der Waals surface area contributed by atoms with Gasteiger partial charge >= 0.3 is 11.8 Å². The van der Waals surface area contributed by atoms with Crippen molar-refractivity contribution < 1.29 is 23.8 Å². The summed E-state index contributed by atoms with van der Waals surface area (Å²) >= 11 is 5.88. The molecule has 0 aliphatic carbocycles. The van der Waals surface area contributed by atoms with Gasteiger partial charge in [-0.25, -0.2) is 5.43 Å². The Balaban J connectivity index is 1.91. The molecule has 8 nitrogen and oxygen atoms in total. The first-order chi connectivity index (χ1) is 12.0. The molecule has 0 spiro atoms. The molecule has 0 aliphatic heterocycles. The predicted molar refractivity (Wildman–Crippen MR) is 90.6 cm³/mol. The Bertz CT molecular complexity index is 774. The number of carbonyl (C=O) groups excluding carboxylic acids is 2. The molecule has 0 radical (unpaired) electrons. The molecule has 1 heterocycles. The first kappa shape index (κ1) is 18.3. The van der Waals surface area contributed by atoms with Gasteiger partial charge in [-0.05, 0) is 36.8 Å². The lowest BCUT2D eigenvalue weighted by Crippen LogP contribution is -2.37. The molecule has 0 fully saturated rings. The van der Waals surface area contributed by atoms with Crippen molar-refractivity contribution in [1.29, 1.82) is 0 Å². The van der Waals surface area contributed by atoms with E-state index in [1.54, 1.807) is 19.1 Å². The fourth-order valence-corrected chi connectivity index (χ4v) is 2.03. The molecule has 1 aromatic heterocycles. The number of phenolic OH excluding ortho intramolecular Hbond substituents is 1. The molecule has 2 amide bonds. The summed E-state index contributed by atoms with van der Waals surface area (Å²) in [5.74, 6) is -1.25. The number of hydrazone groups is 1. The number of amides is 2. The first-order valence-electron chi connectivity index (χ1n) is 7.30. The number of furan rings is 1. The number of rotatable bonds is 6. The quantitative estimate of drug-likeness (QED) is 0.410. The van der Waals surface area contributed by atoms with E-state index in [0.717, 1.165) is 0 Å². The largest absolute Gasteiger partial charge is 0.503 e. The smallest absolute Gasteiger partial charge is 0.329 e. The Kier molecular flexibility index (Phi) is 6.41. The van der Waals surface area contributed by atoms with E-state index < -0.39 is 11.8 Å². The number of benzene rings is 1. The summed E-state index contributed by atoms with van der Waals surface area (Å²) in [6, 6.07) is 6.27. The van der Waals surface area contributed by atoms with Crippen molar-refractivity contribution in [3.05, 3.63) is 46.9 Å². The van der Waals surface area contributed by atoms with Gasteiger partial charge < -0.3 is 19.6 Å². The first-order valence-corrected chi connectivity index (χ1v) is 7.68. The van der Waals surface area contributed by atoms with Crippen molar-refractivity contribution in [3.8, 4) is 11.5 Å². The van der Waals surface area contributed by atoms with Crippen LogP contribution < -0.4 is 15.5 Å². The summed E-state index contributed by atoms with van der Waals surface area (Å²) in [7, 11) is 0. The van der Waals surface area contributed by atoms with Crippen molar-refractivity contribution in [3.63, 3.8) is 0 Å². The molecule has 0 atom stereocenters. The molecule has 1 aromatic carbocycles. The minimum atomic E-state index is -0.933. The summed E-state index contributed by atoms with van der Waals surface area (Å²) in [4.78, 5) is 23.2. The highest BCUT2D eigenvalue weighted by Gasteiger charge is 2.13. The van der Waals surface area contributed by atoms with Gasteiger partial charge in [0.2, 0.25) is 0 Å². The molecule has 0 bridgehead atoms. The van der Waals surface area contributed by atoms with Gasteiger partial charge in [0.25, 0.3) is 0 Å². The normalized spacial score (nSPS) is 10.6. The predicted octanol–water partition coefficient (Wildman–Crippen LogP) is 1.80. The number of ether oxygens (including phenoxy) is 1. The zero-order valence-corrected chi connectivity index (χ0v) is 14.0. The van der Waals surface area contributed by atoms with E-state index in [1.807, 2.05) is 0 Å². The van der Waals surface area contributed by atoms with Crippen LogP contribution in [0, 0.1) is 0 Å². The van der Waals surface area contributed by atoms with Crippen LogP contribution in [0.5, 0.6) is 11.5 Å². The summed E-state index contributed by atoms with van der Waals surface area (Å²) in [6.45, 7) is 2.20. The minimum Gasteiger partial charge on any atom is -0.503 e. The summed E-state index contributed by atoms with van der Waals surface area (Å²) < 4.78 is 10.3. The van der Waals surface area contributed by atoms with Crippen molar-refractivity contribution >= 4 is 29.6 Å². The van der Waals surface area contributed by atoms with Gasteiger partial charge in [0.1, 0.15) is 5.76 Å². The Morgan fingerprint density at radius 1 is 1.40 bits per heavy atom. The third kappa shape index (κ3) is 5.25. The highest BCUT2D eigenvalue weighted by atomic mass is 35.5. The standard InChI is InChI=1S/C16H16ClN3O5/c1-2-24-13-7-10(6-12(17)14(13)21)8-19-20-16(23)15(22)18-9-11-4-3-5-25-11/h3-8,21H,2,9H2,1H3,(H,18,22)(H,20,23)/b19-8-.